The zero-order chi connectivity index (χ0) is 29.2. The van der Waals surface area contributed by atoms with E-state index in [0.29, 0.717) is 5.56 Å². The van der Waals surface area contributed by atoms with Crippen LogP contribution in [-0.4, -0.2) is 69.7 Å². The summed E-state index contributed by atoms with van der Waals surface area (Å²) in [6.07, 6.45) is 2.31. The Morgan fingerprint density at radius 2 is 1.43 bits per heavy atom. The lowest BCUT2D eigenvalue weighted by molar-refractivity contribution is -0.142. The maximum absolute atomic E-state index is 13.1. The smallest absolute Gasteiger partial charge is 0.326 e. The molecule has 11 heteroatoms. The molecule has 0 spiro atoms. The Kier molecular flexibility index (Phi) is 10.8. The minimum atomic E-state index is -1.42. The predicted molar refractivity (Wildman–Crippen MR) is 150 cm³/mol. The average molecular weight is 552 g/mol. The number of para-hydroxylation sites is 1. The van der Waals surface area contributed by atoms with Crippen molar-refractivity contribution in [2.24, 2.45) is 11.7 Å². The summed E-state index contributed by atoms with van der Waals surface area (Å²) >= 11 is 0. The lowest BCUT2D eigenvalue weighted by Gasteiger charge is -2.25. The first-order valence-electron chi connectivity index (χ1n) is 13.2. The number of aliphatic carboxylic acids is 1. The molecular weight excluding hydrogens is 514 g/mol. The van der Waals surface area contributed by atoms with E-state index in [2.05, 4.69) is 20.9 Å². The summed E-state index contributed by atoms with van der Waals surface area (Å²) in [4.78, 5) is 53.8. The number of carbonyl (C=O) groups excluding carboxylic acids is 3. The van der Waals surface area contributed by atoms with Gasteiger partial charge in [-0.05, 0) is 36.0 Å². The van der Waals surface area contributed by atoms with Crippen LogP contribution in [0.15, 0.2) is 60.8 Å². The largest absolute Gasteiger partial charge is 0.480 e. The van der Waals surface area contributed by atoms with Gasteiger partial charge < -0.3 is 36.9 Å². The van der Waals surface area contributed by atoms with Gasteiger partial charge >= 0.3 is 5.97 Å². The number of hydrogen-bond acceptors (Lipinski definition) is 6. The van der Waals surface area contributed by atoms with Gasteiger partial charge in [0.25, 0.3) is 0 Å². The number of aliphatic hydroxyl groups is 1. The Balaban J connectivity index is 1.64. The van der Waals surface area contributed by atoms with E-state index < -0.39 is 54.5 Å². The van der Waals surface area contributed by atoms with Crippen LogP contribution < -0.4 is 21.7 Å². The molecule has 0 fully saturated rings. The van der Waals surface area contributed by atoms with E-state index in [0.717, 1.165) is 16.5 Å². The van der Waals surface area contributed by atoms with Gasteiger partial charge in [0.2, 0.25) is 17.7 Å². The van der Waals surface area contributed by atoms with Crippen molar-refractivity contribution >= 4 is 34.6 Å². The van der Waals surface area contributed by atoms with E-state index in [-0.39, 0.29) is 25.2 Å². The molecule has 1 heterocycles. The molecule has 3 aromatic rings. The van der Waals surface area contributed by atoms with Gasteiger partial charge in [-0.25, -0.2) is 4.79 Å². The van der Waals surface area contributed by atoms with E-state index in [1.165, 1.54) is 0 Å². The normalized spacial score (nSPS) is 14.2. The van der Waals surface area contributed by atoms with E-state index >= 15 is 0 Å². The Labute approximate surface area is 232 Å². The number of carboxylic acid groups (broad SMARTS) is 1. The molecule has 0 aliphatic rings. The number of carbonyl (C=O) groups is 4. The Morgan fingerprint density at radius 1 is 0.825 bits per heavy atom. The lowest BCUT2D eigenvalue weighted by Crippen LogP contribution is -2.58. The molecular formula is C29H37N5O6. The highest BCUT2D eigenvalue weighted by Crippen LogP contribution is 2.19. The van der Waals surface area contributed by atoms with Crippen LogP contribution in [0.1, 0.15) is 31.4 Å². The minimum Gasteiger partial charge on any atom is -0.480 e. The van der Waals surface area contributed by atoms with Crippen LogP contribution in [0.25, 0.3) is 10.9 Å². The molecule has 1 aromatic heterocycles. The number of fused-ring (bicyclic) bond motifs is 1. The Hall–Kier alpha value is -4.22. The molecule has 8 N–H and O–H groups in total. The molecule has 0 aliphatic carbocycles. The molecule has 11 nitrogen and oxygen atoms in total. The van der Waals surface area contributed by atoms with Crippen LogP contribution in [0.4, 0.5) is 0 Å². The van der Waals surface area contributed by atoms with Crippen LogP contribution in [0, 0.1) is 5.92 Å². The van der Waals surface area contributed by atoms with Gasteiger partial charge in [0.1, 0.15) is 18.1 Å². The van der Waals surface area contributed by atoms with Crippen molar-refractivity contribution < 1.29 is 29.4 Å². The predicted octanol–water partition coefficient (Wildman–Crippen LogP) is 0.858. The van der Waals surface area contributed by atoms with E-state index in [1.54, 1.807) is 36.5 Å². The number of benzene rings is 2. The van der Waals surface area contributed by atoms with Crippen molar-refractivity contribution in [3.05, 3.63) is 71.9 Å². The van der Waals surface area contributed by atoms with Gasteiger partial charge in [0.05, 0.1) is 12.6 Å². The maximum atomic E-state index is 13.1. The second-order valence-electron chi connectivity index (χ2n) is 10.2. The average Bonchev–Trinajstić information content (AvgIpc) is 3.33. The van der Waals surface area contributed by atoms with Crippen LogP contribution in [0.5, 0.6) is 0 Å². The number of aliphatic hydroxyl groups excluding tert-OH is 1. The number of H-pyrrole nitrogens is 1. The molecule has 2 aromatic carbocycles. The topological polar surface area (TPSA) is 187 Å². The molecule has 214 valence electrons. The summed E-state index contributed by atoms with van der Waals surface area (Å²) in [6.45, 7) is 2.98. The van der Waals surface area contributed by atoms with E-state index in [1.807, 2.05) is 38.1 Å². The zero-order valence-electron chi connectivity index (χ0n) is 22.6. The second kappa shape index (κ2) is 14.2. The van der Waals surface area contributed by atoms with Gasteiger partial charge in [-0.3, -0.25) is 14.4 Å². The third kappa shape index (κ3) is 8.39. The first kappa shape index (κ1) is 30.3. The Bertz CT molecular complexity index is 1310. The minimum absolute atomic E-state index is 0.00422. The summed E-state index contributed by atoms with van der Waals surface area (Å²) < 4.78 is 0. The number of carboxylic acids is 1. The molecule has 0 bridgehead atoms. The van der Waals surface area contributed by atoms with Crippen molar-refractivity contribution in [1.29, 1.82) is 0 Å². The molecule has 40 heavy (non-hydrogen) atoms. The highest BCUT2D eigenvalue weighted by atomic mass is 16.4. The molecule has 3 rings (SSSR count). The summed E-state index contributed by atoms with van der Waals surface area (Å²) in [5.41, 5.74) is 8.67. The monoisotopic (exact) mass is 551 g/mol. The molecule has 0 saturated heterocycles. The van der Waals surface area contributed by atoms with Gasteiger partial charge in [-0.15, -0.1) is 0 Å². The number of nitrogens with one attached hydrogen (secondary N) is 4. The number of aromatic amines is 1. The Morgan fingerprint density at radius 3 is 2.08 bits per heavy atom. The third-order valence-corrected chi connectivity index (χ3v) is 6.50. The highest BCUT2D eigenvalue weighted by Gasteiger charge is 2.30. The van der Waals surface area contributed by atoms with Crippen LogP contribution in [-0.2, 0) is 32.0 Å². The van der Waals surface area contributed by atoms with Gasteiger partial charge in [0, 0.05) is 23.5 Å². The van der Waals surface area contributed by atoms with Crippen LogP contribution >= 0.6 is 0 Å². The molecule has 0 radical (unpaired) electrons. The standard InChI is InChI=1S/C29H37N5O6/c1-17(2)12-23(32-26(36)21(30)14-19-15-31-22-11-7-6-10-20(19)22)27(37)34-25(16-35)28(38)33-24(29(39)40)13-18-8-4-3-5-9-18/h3-11,15,17,21,23-25,31,35H,12-14,16,30H2,1-2H3,(H,32,36)(H,33,38)(H,34,37)(H,39,40). The maximum Gasteiger partial charge on any atom is 0.326 e. The lowest BCUT2D eigenvalue weighted by atomic mass is 10.0. The van der Waals surface area contributed by atoms with Crippen molar-refractivity contribution in [2.75, 3.05) is 6.61 Å². The van der Waals surface area contributed by atoms with E-state index in [4.69, 9.17) is 5.73 Å². The van der Waals surface area contributed by atoms with Gasteiger partial charge in [0.15, 0.2) is 0 Å². The number of aromatic nitrogens is 1. The summed E-state index contributed by atoms with van der Waals surface area (Å²) in [7, 11) is 0. The molecule has 0 saturated carbocycles. The first-order chi connectivity index (χ1) is 19.1. The molecule has 4 unspecified atom stereocenters. The van der Waals surface area contributed by atoms with Crippen molar-refractivity contribution in [1.82, 2.24) is 20.9 Å². The fourth-order valence-corrected chi connectivity index (χ4v) is 4.40. The zero-order valence-corrected chi connectivity index (χ0v) is 22.6. The number of rotatable bonds is 14. The second-order valence-corrected chi connectivity index (χ2v) is 10.2. The number of nitrogens with two attached hydrogens (primary N) is 1. The van der Waals surface area contributed by atoms with Gasteiger partial charge in [-0.2, -0.15) is 0 Å². The fourth-order valence-electron chi connectivity index (χ4n) is 4.40. The van der Waals surface area contributed by atoms with Gasteiger partial charge in [-0.1, -0.05) is 62.4 Å². The molecule has 0 aliphatic heterocycles. The third-order valence-electron chi connectivity index (χ3n) is 6.50. The van der Waals surface area contributed by atoms with Crippen molar-refractivity contribution in [3.8, 4) is 0 Å². The highest BCUT2D eigenvalue weighted by molar-refractivity contribution is 5.94. The van der Waals surface area contributed by atoms with Crippen molar-refractivity contribution in [2.45, 2.75) is 57.3 Å². The van der Waals surface area contributed by atoms with Crippen LogP contribution in [0.2, 0.25) is 0 Å². The quantitative estimate of drug-likeness (QED) is 0.155. The number of amides is 3. The fraction of sp³-hybridized carbons (Fsp3) is 0.379. The molecule has 3 amide bonds. The van der Waals surface area contributed by atoms with Crippen molar-refractivity contribution in [3.63, 3.8) is 0 Å². The molecule has 4 atom stereocenters. The number of hydrogen-bond donors (Lipinski definition) is 7. The summed E-state index contributed by atoms with van der Waals surface area (Å²) in [5, 5.41) is 27.8. The SMILES string of the molecule is CC(C)CC(NC(=O)C(N)Cc1c[nH]c2ccccc12)C(=O)NC(CO)C(=O)NC(Cc1ccccc1)C(=O)O. The van der Waals surface area contributed by atoms with Crippen LogP contribution in [0.3, 0.4) is 0 Å². The summed E-state index contributed by atoms with van der Waals surface area (Å²) in [6, 6.07) is 11.7. The summed E-state index contributed by atoms with van der Waals surface area (Å²) in [5.74, 6) is -3.33. The first-order valence-corrected chi connectivity index (χ1v) is 13.2. The van der Waals surface area contributed by atoms with E-state index in [9.17, 15) is 29.4 Å².